The number of fused-ring (bicyclic) bond motifs is 1. The molecule has 0 bridgehead atoms. The zero-order valence-corrected chi connectivity index (χ0v) is 9.72. The Bertz CT molecular complexity index is 755. The Balaban J connectivity index is 2.14. The summed E-state index contributed by atoms with van der Waals surface area (Å²) < 4.78 is 28.1. The summed E-state index contributed by atoms with van der Waals surface area (Å²) in [5, 5.41) is 8.99. The summed E-state index contributed by atoms with van der Waals surface area (Å²) in [6.07, 6.45) is 3.27. The van der Waals surface area contributed by atoms with Gasteiger partial charge in [0.05, 0.1) is 18.0 Å². The molecule has 1 aromatic carbocycles. The molecule has 3 aromatic rings. The molecule has 0 fully saturated rings. The maximum atomic E-state index is 13.7. The molecule has 0 atom stereocenters. The van der Waals surface area contributed by atoms with Crippen molar-refractivity contribution in [3.05, 3.63) is 54.0 Å². The highest BCUT2D eigenvalue weighted by Crippen LogP contribution is 2.22. The Kier molecular flexibility index (Phi) is 2.72. The molecular weight excluding hydrogens is 252 g/mol. The van der Waals surface area contributed by atoms with Gasteiger partial charge in [0.1, 0.15) is 11.6 Å². The van der Waals surface area contributed by atoms with E-state index in [0.29, 0.717) is 17.2 Å². The summed E-state index contributed by atoms with van der Waals surface area (Å²) in [7, 11) is 0. The van der Waals surface area contributed by atoms with Crippen LogP contribution in [0.15, 0.2) is 36.7 Å². The van der Waals surface area contributed by atoms with Crippen LogP contribution >= 0.6 is 0 Å². The molecule has 0 unspecified atom stereocenters. The number of imidazole rings is 1. The van der Waals surface area contributed by atoms with Crippen LogP contribution in [0.25, 0.3) is 17.0 Å². The number of aromatic nitrogens is 3. The summed E-state index contributed by atoms with van der Waals surface area (Å²) in [5.41, 5.74) is 1.04. The lowest BCUT2D eigenvalue weighted by Gasteiger charge is -1.97. The fourth-order valence-electron chi connectivity index (χ4n) is 1.82. The predicted octanol–water partition coefficient (Wildman–Crippen LogP) is 2.17. The lowest BCUT2D eigenvalue weighted by atomic mass is 10.1. The topological polar surface area (TPSA) is 50.4 Å². The summed E-state index contributed by atoms with van der Waals surface area (Å²) in [6.45, 7) is -0.191. The third-order valence-electron chi connectivity index (χ3n) is 2.75. The van der Waals surface area contributed by atoms with Crippen LogP contribution in [0.3, 0.4) is 0 Å². The molecule has 0 aliphatic heterocycles. The molecule has 1 N–H and O–H groups in total. The van der Waals surface area contributed by atoms with Gasteiger partial charge in [0.2, 0.25) is 5.78 Å². The van der Waals surface area contributed by atoms with Crippen LogP contribution in [0.2, 0.25) is 0 Å². The second-order valence-corrected chi connectivity index (χ2v) is 4.03. The summed E-state index contributed by atoms with van der Waals surface area (Å²) in [5.74, 6) is -0.957. The molecular formula is C13H9F2N3O. The summed E-state index contributed by atoms with van der Waals surface area (Å²) >= 11 is 0. The monoisotopic (exact) mass is 261 g/mol. The maximum absolute atomic E-state index is 13.7. The molecule has 0 saturated carbocycles. The first-order chi connectivity index (χ1) is 9.17. The Morgan fingerprint density at radius 3 is 2.74 bits per heavy atom. The zero-order valence-electron chi connectivity index (χ0n) is 9.72. The van der Waals surface area contributed by atoms with E-state index in [0.717, 1.165) is 6.07 Å². The number of benzene rings is 1. The molecule has 96 valence electrons. The highest BCUT2D eigenvalue weighted by Gasteiger charge is 2.11. The number of halogens is 2. The fourth-order valence-corrected chi connectivity index (χ4v) is 1.82. The van der Waals surface area contributed by atoms with E-state index in [-0.39, 0.29) is 12.2 Å². The minimum absolute atomic E-state index is 0.191. The number of rotatable bonds is 2. The number of aliphatic hydroxyl groups is 1. The molecule has 0 spiro atoms. The number of hydrogen-bond donors (Lipinski definition) is 1. The van der Waals surface area contributed by atoms with Gasteiger partial charge in [0.15, 0.2) is 0 Å². The van der Waals surface area contributed by atoms with Crippen LogP contribution in [0, 0.1) is 11.6 Å². The minimum atomic E-state index is -0.675. The molecule has 0 amide bonds. The molecule has 0 aliphatic rings. The third kappa shape index (κ3) is 2.06. The van der Waals surface area contributed by atoms with Crippen LogP contribution in [0.4, 0.5) is 8.78 Å². The quantitative estimate of drug-likeness (QED) is 0.769. The average molecular weight is 261 g/mol. The van der Waals surface area contributed by atoms with Gasteiger partial charge in [-0.05, 0) is 18.2 Å². The van der Waals surface area contributed by atoms with Gasteiger partial charge in [-0.25, -0.2) is 18.7 Å². The van der Waals surface area contributed by atoms with E-state index in [1.807, 2.05) is 0 Å². The van der Waals surface area contributed by atoms with Gasteiger partial charge in [-0.1, -0.05) is 0 Å². The second kappa shape index (κ2) is 4.40. The van der Waals surface area contributed by atoms with Gasteiger partial charge in [0, 0.05) is 24.0 Å². The van der Waals surface area contributed by atoms with E-state index in [1.165, 1.54) is 12.1 Å². The van der Waals surface area contributed by atoms with E-state index < -0.39 is 11.6 Å². The van der Waals surface area contributed by atoms with E-state index >= 15 is 0 Å². The zero-order chi connectivity index (χ0) is 13.4. The first-order valence-corrected chi connectivity index (χ1v) is 5.58. The normalized spacial score (nSPS) is 11.1. The Labute approximate surface area is 107 Å². The minimum Gasteiger partial charge on any atom is -0.390 e. The summed E-state index contributed by atoms with van der Waals surface area (Å²) in [4.78, 5) is 8.25. The Morgan fingerprint density at radius 1 is 1.16 bits per heavy atom. The standard InChI is InChI=1S/C13H9F2N3O/c14-8-1-2-10(11(15)5-8)12-6-18-4-3-9(7-19)16-13(18)17-12/h1-6,19H,7H2. The fraction of sp³-hybridized carbons (Fsp3) is 0.0769. The summed E-state index contributed by atoms with van der Waals surface area (Å²) in [6, 6.07) is 4.96. The van der Waals surface area contributed by atoms with Crippen LogP contribution in [-0.4, -0.2) is 19.5 Å². The molecule has 0 radical (unpaired) electrons. The highest BCUT2D eigenvalue weighted by atomic mass is 19.1. The van der Waals surface area contributed by atoms with E-state index in [4.69, 9.17) is 5.11 Å². The molecule has 19 heavy (non-hydrogen) atoms. The molecule has 4 nitrogen and oxygen atoms in total. The van der Waals surface area contributed by atoms with Crippen molar-refractivity contribution in [2.45, 2.75) is 6.61 Å². The van der Waals surface area contributed by atoms with Crippen molar-refractivity contribution >= 4 is 5.78 Å². The first-order valence-electron chi connectivity index (χ1n) is 5.58. The molecule has 6 heteroatoms. The van der Waals surface area contributed by atoms with Crippen molar-refractivity contribution < 1.29 is 13.9 Å². The number of nitrogens with zero attached hydrogens (tertiary/aromatic N) is 3. The number of hydrogen-bond acceptors (Lipinski definition) is 3. The molecule has 2 aromatic heterocycles. The lowest BCUT2D eigenvalue weighted by molar-refractivity contribution is 0.277. The van der Waals surface area contributed by atoms with Gasteiger partial charge in [0.25, 0.3) is 0 Å². The van der Waals surface area contributed by atoms with E-state index in [9.17, 15) is 8.78 Å². The van der Waals surface area contributed by atoms with Gasteiger partial charge in [-0.3, -0.25) is 4.40 Å². The van der Waals surface area contributed by atoms with Gasteiger partial charge < -0.3 is 5.11 Å². The Hall–Kier alpha value is -2.34. The van der Waals surface area contributed by atoms with Crippen LogP contribution in [0.1, 0.15) is 5.69 Å². The van der Waals surface area contributed by atoms with Crippen LogP contribution in [-0.2, 0) is 6.61 Å². The third-order valence-corrected chi connectivity index (χ3v) is 2.75. The van der Waals surface area contributed by atoms with E-state index in [2.05, 4.69) is 9.97 Å². The average Bonchev–Trinajstić information content (AvgIpc) is 2.80. The van der Waals surface area contributed by atoms with Crippen molar-refractivity contribution in [1.29, 1.82) is 0 Å². The second-order valence-electron chi connectivity index (χ2n) is 4.03. The smallest absolute Gasteiger partial charge is 0.234 e. The van der Waals surface area contributed by atoms with Crippen LogP contribution in [0.5, 0.6) is 0 Å². The predicted molar refractivity (Wildman–Crippen MR) is 64.3 cm³/mol. The van der Waals surface area contributed by atoms with Crippen LogP contribution < -0.4 is 0 Å². The van der Waals surface area contributed by atoms with Crippen molar-refractivity contribution in [3.63, 3.8) is 0 Å². The molecule has 2 heterocycles. The SMILES string of the molecule is OCc1ccn2cc(-c3ccc(F)cc3F)nc2n1. The lowest BCUT2D eigenvalue weighted by Crippen LogP contribution is -1.93. The first kappa shape index (κ1) is 11.7. The maximum Gasteiger partial charge on any atom is 0.234 e. The van der Waals surface area contributed by atoms with Gasteiger partial charge in [-0.2, -0.15) is 0 Å². The van der Waals surface area contributed by atoms with Crippen molar-refractivity contribution in [2.75, 3.05) is 0 Å². The Morgan fingerprint density at radius 2 is 2.00 bits per heavy atom. The van der Waals surface area contributed by atoms with E-state index in [1.54, 1.807) is 22.9 Å². The molecule has 0 saturated heterocycles. The number of aliphatic hydroxyl groups excluding tert-OH is 1. The van der Waals surface area contributed by atoms with Crippen molar-refractivity contribution in [2.24, 2.45) is 0 Å². The highest BCUT2D eigenvalue weighted by molar-refractivity contribution is 5.62. The van der Waals surface area contributed by atoms with Gasteiger partial charge >= 0.3 is 0 Å². The molecule has 3 rings (SSSR count). The largest absolute Gasteiger partial charge is 0.390 e. The van der Waals surface area contributed by atoms with Crippen molar-refractivity contribution in [1.82, 2.24) is 14.4 Å². The van der Waals surface area contributed by atoms with Crippen molar-refractivity contribution in [3.8, 4) is 11.3 Å². The van der Waals surface area contributed by atoms with Gasteiger partial charge in [-0.15, -0.1) is 0 Å². The molecule has 0 aliphatic carbocycles.